The van der Waals surface area contributed by atoms with Gasteiger partial charge in [0.2, 0.25) is 5.91 Å². The van der Waals surface area contributed by atoms with Crippen LogP contribution in [0.15, 0.2) is 35.7 Å². The highest BCUT2D eigenvalue weighted by atomic mass is 32.1. The molecule has 0 aliphatic heterocycles. The maximum Gasteiger partial charge on any atom is 0.407 e. The third kappa shape index (κ3) is 8.32. The average Bonchev–Trinajstić information content (AvgIpc) is 3.26. The van der Waals surface area contributed by atoms with E-state index >= 15 is 0 Å². The molecule has 1 aromatic heterocycles. The molecule has 0 saturated carbocycles. The van der Waals surface area contributed by atoms with Crippen molar-refractivity contribution in [1.29, 1.82) is 0 Å². The Morgan fingerprint density at radius 2 is 1.94 bits per heavy atom. The van der Waals surface area contributed by atoms with Crippen LogP contribution in [0.5, 0.6) is 0 Å². The van der Waals surface area contributed by atoms with E-state index < -0.39 is 30.6 Å². The number of primary amides is 1. The standard InChI is InChI=1S/C20H27N5O5S/c21-14(19-25-16(12-31-19)18(28)24-15(10-26)17(22)27)8-4-5-9-23-20(29)30-11-13-6-2-1-3-7-13/h1-3,6-7,12,14-15,26H,4-5,8-11,21H2,(H2,22,27)(H,23,29)(H,24,28). The molecule has 2 unspecified atom stereocenters. The molecule has 2 aromatic rings. The highest BCUT2D eigenvalue weighted by Crippen LogP contribution is 2.21. The van der Waals surface area contributed by atoms with E-state index in [-0.39, 0.29) is 18.3 Å². The second-order valence-electron chi connectivity index (χ2n) is 6.77. The number of aliphatic hydroxyl groups excluding tert-OH is 1. The van der Waals surface area contributed by atoms with Crippen molar-refractivity contribution in [3.05, 3.63) is 52.0 Å². The number of carbonyl (C=O) groups is 3. The summed E-state index contributed by atoms with van der Waals surface area (Å²) < 4.78 is 5.13. The summed E-state index contributed by atoms with van der Waals surface area (Å²) in [4.78, 5) is 39.1. The SMILES string of the molecule is NC(=O)C(CO)NC(=O)c1csc(C(N)CCCCNC(=O)OCc2ccccc2)n1. The smallest absolute Gasteiger partial charge is 0.407 e. The molecule has 0 aliphatic rings. The largest absolute Gasteiger partial charge is 0.445 e. The Hall–Kier alpha value is -3.02. The number of aliphatic hydroxyl groups is 1. The molecule has 10 nitrogen and oxygen atoms in total. The average molecular weight is 450 g/mol. The van der Waals surface area contributed by atoms with E-state index in [1.165, 1.54) is 16.7 Å². The number of nitrogens with zero attached hydrogens (tertiary/aromatic N) is 1. The van der Waals surface area contributed by atoms with E-state index in [1.54, 1.807) is 0 Å². The van der Waals surface area contributed by atoms with Crippen LogP contribution in [-0.2, 0) is 16.1 Å². The summed E-state index contributed by atoms with van der Waals surface area (Å²) in [6.45, 7) is 0.0863. The Labute approximate surface area is 184 Å². The van der Waals surface area contributed by atoms with Gasteiger partial charge in [0.25, 0.3) is 5.91 Å². The number of hydrogen-bond donors (Lipinski definition) is 5. The van der Waals surface area contributed by atoms with Crippen LogP contribution in [0.2, 0.25) is 0 Å². The van der Waals surface area contributed by atoms with E-state index in [0.717, 1.165) is 12.0 Å². The van der Waals surface area contributed by atoms with Crippen LogP contribution in [0.3, 0.4) is 0 Å². The maximum atomic E-state index is 12.1. The Morgan fingerprint density at radius 1 is 1.19 bits per heavy atom. The van der Waals surface area contributed by atoms with Crippen molar-refractivity contribution in [1.82, 2.24) is 15.6 Å². The number of amides is 3. The van der Waals surface area contributed by atoms with E-state index in [1.807, 2.05) is 30.3 Å². The first-order valence-corrected chi connectivity index (χ1v) is 10.6. The summed E-state index contributed by atoms with van der Waals surface area (Å²) in [5, 5.41) is 16.2. The summed E-state index contributed by atoms with van der Waals surface area (Å²) in [5.74, 6) is -1.44. The van der Waals surface area contributed by atoms with Crippen LogP contribution in [-0.4, -0.2) is 47.2 Å². The summed E-state index contributed by atoms with van der Waals surface area (Å²) in [7, 11) is 0. The molecular weight excluding hydrogens is 422 g/mol. The minimum absolute atomic E-state index is 0.109. The number of unbranched alkanes of at least 4 members (excludes halogenated alkanes) is 1. The molecular formula is C20H27N5O5S. The van der Waals surface area contributed by atoms with Gasteiger partial charge in [0.1, 0.15) is 23.4 Å². The third-order valence-electron chi connectivity index (χ3n) is 4.33. The molecule has 2 rings (SSSR count). The minimum Gasteiger partial charge on any atom is -0.445 e. The first-order valence-electron chi connectivity index (χ1n) is 9.77. The molecule has 0 aliphatic carbocycles. The van der Waals surface area contributed by atoms with Crippen LogP contribution in [0, 0.1) is 0 Å². The lowest BCUT2D eigenvalue weighted by Gasteiger charge is -2.11. The summed E-state index contributed by atoms with van der Waals surface area (Å²) in [6, 6.07) is 7.89. The van der Waals surface area contributed by atoms with Crippen LogP contribution in [0.4, 0.5) is 4.79 Å². The van der Waals surface area contributed by atoms with Gasteiger partial charge in [-0.05, 0) is 24.8 Å². The molecule has 31 heavy (non-hydrogen) atoms. The van der Waals surface area contributed by atoms with Gasteiger partial charge in [0, 0.05) is 11.9 Å². The minimum atomic E-state index is -1.17. The number of benzene rings is 1. The Bertz CT molecular complexity index is 861. The van der Waals surface area contributed by atoms with Crippen molar-refractivity contribution >= 4 is 29.2 Å². The van der Waals surface area contributed by atoms with Gasteiger partial charge in [0.05, 0.1) is 12.6 Å². The van der Waals surface area contributed by atoms with E-state index in [4.69, 9.17) is 21.3 Å². The monoisotopic (exact) mass is 449 g/mol. The molecule has 1 aromatic carbocycles. The van der Waals surface area contributed by atoms with Crippen LogP contribution < -0.4 is 22.1 Å². The second kappa shape index (κ2) is 12.6. The summed E-state index contributed by atoms with van der Waals surface area (Å²) >= 11 is 1.24. The Balaban J connectivity index is 1.65. The topological polar surface area (TPSA) is 170 Å². The molecule has 0 spiro atoms. The lowest BCUT2D eigenvalue weighted by molar-refractivity contribution is -0.120. The zero-order valence-electron chi connectivity index (χ0n) is 17.0. The molecule has 0 saturated heterocycles. The number of alkyl carbamates (subject to hydrolysis) is 1. The molecule has 2 atom stereocenters. The highest BCUT2D eigenvalue weighted by molar-refractivity contribution is 7.09. The van der Waals surface area contributed by atoms with Gasteiger partial charge in [-0.2, -0.15) is 0 Å². The lowest BCUT2D eigenvalue weighted by Crippen LogP contribution is -2.46. The van der Waals surface area contributed by atoms with Gasteiger partial charge < -0.3 is 31.9 Å². The highest BCUT2D eigenvalue weighted by Gasteiger charge is 2.20. The van der Waals surface area contributed by atoms with Crippen molar-refractivity contribution in [3.63, 3.8) is 0 Å². The number of aromatic nitrogens is 1. The predicted molar refractivity (Wildman–Crippen MR) is 115 cm³/mol. The van der Waals surface area contributed by atoms with Gasteiger partial charge in [-0.1, -0.05) is 30.3 Å². The number of thiazole rings is 1. The van der Waals surface area contributed by atoms with Crippen LogP contribution >= 0.6 is 11.3 Å². The first kappa shape index (κ1) is 24.3. The maximum absolute atomic E-state index is 12.1. The van der Waals surface area contributed by atoms with Crippen molar-refractivity contribution < 1.29 is 24.2 Å². The number of nitrogens with two attached hydrogens (primary N) is 2. The third-order valence-corrected chi connectivity index (χ3v) is 5.30. The van der Waals surface area contributed by atoms with Crippen LogP contribution in [0.1, 0.15) is 46.4 Å². The van der Waals surface area contributed by atoms with E-state index in [2.05, 4.69) is 15.6 Å². The molecule has 11 heteroatoms. The fourth-order valence-electron chi connectivity index (χ4n) is 2.58. The molecule has 1 heterocycles. The van der Waals surface area contributed by atoms with Gasteiger partial charge in [-0.15, -0.1) is 11.3 Å². The van der Waals surface area contributed by atoms with Crippen LogP contribution in [0.25, 0.3) is 0 Å². The van der Waals surface area contributed by atoms with Gasteiger partial charge in [-0.25, -0.2) is 9.78 Å². The Kier molecular flexibility index (Phi) is 9.88. The van der Waals surface area contributed by atoms with Gasteiger partial charge in [-0.3, -0.25) is 9.59 Å². The normalized spacial score (nSPS) is 12.6. The van der Waals surface area contributed by atoms with Crippen molar-refractivity contribution in [2.24, 2.45) is 11.5 Å². The zero-order valence-corrected chi connectivity index (χ0v) is 17.8. The lowest BCUT2D eigenvalue weighted by atomic mass is 10.1. The molecule has 0 radical (unpaired) electrons. The Morgan fingerprint density at radius 3 is 2.61 bits per heavy atom. The van der Waals surface area contributed by atoms with Gasteiger partial charge >= 0.3 is 6.09 Å². The number of carbonyl (C=O) groups excluding carboxylic acids is 3. The second-order valence-corrected chi connectivity index (χ2v) is 7.66. The predicted octanol–water partition coefficient (Wildman–Crippen LogP) is 0.816. The fourth-order valence-corrected chi connectivity index (χ4v) is 3.41. The van der Waals surface area contributed by atoms with Crippen molar-refractivity contribution in [2.75, 3.05) is 13.2 Å². The van der Waals surface area contributed by atoms with Crippen molar-refractivity contribution in [2.45, 2.75) is 38.0 Å². The number of ether oxygens (including phenoxy) is 1. The number of hydrogen-bond acceptors (Lipinski definition) is 8. The van der Waals surface area contributed by atoms with Gasteiger partial charge in [0.15, 0.2) is 0 Å². The van der Waals surface area contributed by atoms with Crippen molar-refractivity contribution in [3.8, 4) is 0 Å². The number of nitrogens with one attached hydrogen (secondary N) is 2. The quantitative estimate of drug-likeness (QED) is 0.299. The molecule has 7 N–H and O–H groups in total. The van der Waals surface area contributed by atoms with E-state index in [0.29, 0.717) is 24.4 Å². The summed E-state index contributed by atoms with van der Waals surface area (Å²) in [5.41, 5.74) is 12.2. The summed E-state index contributed by atoms with van der Waals surface area (Å²) in [6.07, 6.45) is 1.61. The molecule has 0 fully saturated rings. The number of rotatable bonds is 12. The fraction of sp³-hybridized carbons (Fsp3) is 0.400. The first-order chi connectivity index (χ1) is 14.9. The zero-order chi connectivity index (χ0) is 22.6. The van der Waals surface area contributed by atoms with E-state index in [9.17, 15) is 14.4 Å². The molecule has 168 valence electrons. The molecule has 3 amide bonds. The molecule has 0 bridgehead atoms.